The molecule has 0 bridgehead atoms. The summed E-state index contributed by atoms with van der Waals surface area (Å²) in [5.74, 6) is 0.125. The number of carbonyl (C=O) groups excluding carboxylic acids is 1. The maximum Gasteiger partial charge on any atom is 0.285 e. The number of para-hydroxylation sites is 1. The zero-order chi connectivity index (χ0) is 25.1. The molecule has 180 valence electrons. The number of pyridine rings is 2. The van der Waals surface area contributed by atoms with Gasteiger partial charge in [-0.1, -0.05) is 18.2 Å². The molecule has 0 aliphatic rings. The van der Waals surface area contributed by atoms with E-state index in [1.807, 2.05) is 54.6 Å². The molecule has 0 radical (unpaired) electrons. The van der Waals surface area contributed by atoms with E-state index in [-0.39, 0.29) is 6.61 Å². The zero-order valence-corrected chi connectivity index (χ0v) is 20.5. The molecule has 3 aromatic heterocycles. The largest absolute Gasteiger partial charge is 0.487 e. The summed E-state index contributed by atoms with van der Waals surface area (Å²) >= 11 is 0. The van der Waals surface area contributed by atoms with Crippen molar-refractivity contribution in [2.45, 2.75) is 6.61 Å². The lowest BCUT2D eigenvalue weighted by Crippen LogP contribution is -2.06. The van der Waals surface area contributed by atoms with Gasteiger partial charge in [0.1, 0.15) is 12.4 Å². The topological polar surface area (TPSA) is 110 Å². The Morgan fingerprint density at radius 2 is 1.75 bits per heavy atom. The smallest absolute Gasteiger partial charge is 0.285 e. The fourth-order valence-electron chi connectivity index (χ4n) is 3.86. The number of rotatable bonds is 6. The summed E-state index contributed by atoms with van der Waals surface area (Å²) in [5.41, 5.74) is 5.45. The molecule has 5 rings (SSSR count). The molecule has 9 heteroatoms. The van der Waals surface area contributed by atoms with Gasteiger partial charge in [-0.25, -0.2) is 9.19 Å². The molecule has 0 fully saturated rings. The third-order valence-electron chi connectivity index (χ3n) is 5.46. The molecule has 1 amide bonds. The van der Waals surface area contributed by atoms with Gasteiger partial charge in [0.15, 0.2) is 0 Å². The van der Waals surface area contributed by atoms with Crippen molar-refractivity contribution in [2.24, 2.45) is 4.36 Å². The number of aromatic amines is 1. The van der Waals surface area contributed by atoms with E-state index in [0.29, 0.717) is 27.9 Å². The van der Waals surface area contributed by atoms with Crippen molar-refractivity contribution in [3.8, 4) is 28.1 Å². The van der Waals surface area contributed by atoms with Gasteiger partial charge in [-0.15, -0.1) is 0 Å². The summed E-state index contributed by atoms with van der Waals surface area (Å²) in [6.45, 7) is 0.157. The lowest BCUT2D eigenvalue weighted by Gasteiger charge is -2.10. The van der Waals surface area contributed by atoms with Crippen LogP contribution in [0.15, 0.2) is 89.7 Å². The quantitative estimate of drug-likeness (QED) is 0.348. The summed E-state index contributed by atoms with van der Waals surface area (Å²) < 4.78 is 21.9. The van der Waals surface area contributed by atoms with E-state index in [9.17, 15) is 9.00 Å². The van der Waals surface area contributed by atoms with Gasteiger partial charge in [0.05, 0.1) is 28.7 Å². The molecule has 8 nitrogen and oxygen atoms in total. The molecule has 0 spiro atoms. The summed E-state index contributed by atoms with van der Waals surface area (Å²) in [4.78, 5) is 21.5. The van der Waals surface area contributed by atoms with E-state index < -0.39 is 15.6 Å². The van der Waals surface area contributed by atoms with Crippen LogP contribution in [0.2, 0.25) is 0 Å². The van der Waals surface area contributed by atoms with Crippen LogP contribution < -0.4 is 4.74 Å². The van der Waals surface area contributed by atoms with E-state index >= 15 is 0 Å². The Kier molecular flexibility index (Phi) is 6.30. The van der Waals surface area contributed by atoms with Gasteiger partial charge in [-0.2, -0.15) is 9.46 Å². The first-order valence-corrected chi connectivity index (χ1v) is 13.5. The molecule has 0 unspecified atom stereocenters. The predicted octanol–water partition coefficient (Wildman–Crippen LogP) is 5.13. The number of nitrogens with zero attached hydrogens (tertiary/aromatic N) is 4. The standard InChI is InChI=1S/C27H23N5O3S/c1-36(2,34)32-27(33)23-15-20(30-25-6-4-3-5-22(23)25)17-35-21-9-7-19(8-10-21)26-24(16-29-31-26)18-11-13-28-14-12-18/h3-16H,17H2,1-2H3,(H,29,31). The van der Waals surface area contributed by atoms with Crippen molar-refractivity contribution in [2.75, 3.05) is 12.5 Å². The molecule has 0 aliphatic heterocycles. The van der Waals surface area contributed by atoms with Crippen LogP contribution in [-0.4, -0.2) is 42.8 Å². The number of H-pyrrole nitrogens is 1. The lowest BCUT2D eigenvalue weighted by molar-refractivity contribution is 0.101. The Balaban J connectivity index is 1.38. The van der Waals surface area contributed by atoms with Gasteiger partial charge in [0.25, 0.3) is 5.91 Å². The van der Waals surface area contributed by atoms with Crippen molar-refractivity contribution >= 4 is 26.5 Å². The molecule has 0 saturated carbocycles. The molecule has 1 N–H and O–H groups in total. The highest BCUT2D eigenvalue weighted by molar-refractivity contribution is 7.92. The van der Waals surface area contributed by atoms with Crippen molar-refractivity contribution in [3.63, 3.8) is 0 Å². The van der Waals surface area contributed by atoms with Crippen molar-refractivity contribution in [1.29, 1.82) is 0 Å². The Bertz CT molecular complexity index is 1660. The Morgan fingerprint density at radius 1 is 1.00 bits per heavy atom. The van der Waals surface area contributed by atoms with Gasteiger partial charge in [-0.05, 0) is 54.1 Å². The molecule has 2 aromatic carbocycles. The highest BCUT2D eigenvalue weighted by Crippen LogP contribution is 2.31. The molecular weight excluding hydrogens is 474 g/mol. The van der Waals surface area contributed by atoms with Crippen molar-refractivity contribution in [1.82, 2.24) is 20.2 Å². The van der Waals surface area contributed by atoms with Gasteiger partial charge in [0, 0.05) is 51.1 Å². The second-order valence-electron chi connectivity index (χ2n) is 8.46. The van der Waals surface area contributed by atoms with Gasteiger partial charge >= 0.3 is 0 Å². The van der Waals surface area contributed by atoms with Crippen LogP contribution in [0.25, 0.3) is 33.3 Å². The van der Waals surface area contributed by atoms with Crippen LogP contribution in [-0.2, 0) is 16.3 Å². The molecule has 0 atom stereocenters. The number of carbonyl (C=O) groups is 1. The summed E-state index contributed by atoms with van der Waals surface area (Å²) in [6.07, 6.45) is 8.16. The maximum absolute atomic E-state index is 12.8. The zero-order valence-electron chi connectivity index (χ0n) is 19.7. The highest BCUT2D eigenvalue weighted by atomic mass is 32.2. The molecule has 3 heterocycles. The average Bonchev–Trinajstić information content (AvgIpc) is 3.37. The minimum atomic E-state index is -2.59. The maximum atomic E-state index is 12.8. The monoisotopic (exact) mass is 497 g/mol. The molecule has 5 aromatic rings. The fraction of sp³-hybridized carbons (Fsp3) is 0.111. The minimum absolute atomic E-state index is 0.157. The van der Waals surface area contributed by atoms with Crippen LogP contribution >= 0.6 is 0 Å². The molecule has 0 aliphatic carbocycles. The Hall–Kier alpha value is -4.37. The van der Waals surface area contributed by atoms with Crippen molar-refractivity contribution < 1.29 is 13.7 Å². The van der Waals surface area contributed by atoms with Gasteiger partial charge in [-0.3, -0.25) is 14.9 Å². The number of fused-ring (bicyclic) bond motifs is 1. The number of amides is 1. The average molecular weight is 498 g/mol. The number of aromatic nitrogens is 4. The second-order valence-corrected chi connectivity index (χ2v) is 11.0. The first kappa shape index (κ1) is 23.4. The minimum Gasteiger partial charge on any atom is -0.487 e. The van der Waals surface area contributed by atoms with Gasteiger partial charge in [0.2, 0.25) is 0 Å². The lowest BCUT2D eigenvalue weighted by atomic mass is 10.0. The number of nitrogens with one attached hydrogen (secondary N) is 1. The summed E-state index contributed by atoms with van der Waals surface area (Å²) in [6, 6.07) is 20.5. The normalized spacial score (nSPS) is 11.4. The predicted molar refractivity (Wildman–Crippen MR) is 140 cm³/mol. The van der Waals surface area contributed by atoms with E-state index in [4.69, 9.17) is 4.74 Å². The van der Waals surface area contributed by atoms with E-state index in [2.05, 4.69) is 24.5 Å². The fourth-order valence-corrected chi connectivity index (χ4v) is 4.36. The van der Waals surface area contributed by atoms with Crippen molar-refractivity contribution in [3.05, 3.63) is 96.6 Å². The Morgan fingerprint density at radius 3 is 2.50 bits per heavy atom. The van der Waals surface area contributed by atoms with Crippen LogP contribution in [0.5, 0.6) is 5.75 Å². The van der Waals surface area contributed by atoms with E-state index in [1.165, 1.54) is 12.5 Å². The van der Waals surface area contributed by atoms with Gasteiger partial charge < -0.3 is 4.74 Å². The summed E-state index contributed by atoms with van der Waals surface area (Å²) in [5, 5.41) is 7.93. The van der Waals surface area contributed by atoms with Crippen LogP contribution in [0.3, 0.4) is 0 Å². The van der Waals surface area contributed by atoms with E-state index in [1.54, 1.807) is 30.7 Å². The number of ether oxygens (including phenoxy) is 1. The SMILES string of the molecule is CS(C)(=O)=NC(=O)c1cc(COc2ccc(-c3[nH]ncc3-c3ccncc3)cc2)nc2ccccc12. The third-order valence-corrected chi connectivity index (χ3v) is 6.07. The first-order chi connectivity index (χ1) is 17.4. The number of benzene rings is 2. The Labute approximate surface area is 208 Å². The van der Waals surface area contributed by atoms with Crippen LogP contribution in [0.4, 0.5) is 0 Å². The van der Waals surface area contributed by atoms with Crippen LogP contribution in [0.1, 0.15) is 16.1 Å². The summed E-state index contributed by atoms with van der Waals surface area (Å²) in [7, 11) is -2.59. The third kappa shape index (κ3) is 5.16. The molecule has 36 heavy (non-hydrogen) atoms. The van der Waals surface area contributed by atoms with E-state index in [0.717, 1.165) is 22.4 Å². The molecule has 0 saturated heterocycles. The second kappa shape index (κ2) is 9.71. The highest BCUT2D eigenvalue weighted by Gasteiger charge is 2.14. The first-order valence-electron chi connectivity index (χ1n) is 11.1. The number of hydrogen-bond acceptors (Lipinski definition) is 6. The molecular formula is C27H23N5O3S. The van der Waals surface area contributed by atoms with Crippen LogP contribution in [0, 0.1) is 0 Å². The number of hydrogen-bond donors (Lipinski definition) is 1.